The number of hydrogen-bond acceptors (Lipinski definition) is 4. The van der Waals surface area contributed by atoms with Crippen molar-refractivity contribution in [2.24, 2.45) is 0 Å². The molecule has 2 aliphatic heterocycles. The number of nitrogens with one attached hydrogen (secondary N) is 1. The Kier molecular flexibility index (Phi) is 4.33. The Morgan fingerprint density at radius 1 is 1.43 bits per heavy atom. The molecule has 0 bridgehead atoms. The van der Waals surface area contributed by atoms with E-state index in [0.29, 0.717) is 24.2 Å². The molecule has 1 aromatic rings. The van der Waals surface area contributed by atoms with Gasteiger partial charge in [0.05, 0.1) is 18.0 Å². The molecule has 3 rings (SSSR count). The third kappa shape index (κ3) is 3.35. The van der Waals surface area contributed by atoms with Gasteiger partial charge in [-0.05, 0) is 49.9 Å². The van der Waals surface area contributed by atoms with Crippen molar-refractivity contribution >= 4 is 21.6 Å². The molecular weight excluding hydrogens is 316 g/mol. The maximum atomic E-state index is 12.3. The van der Waals surface area contributed by atoms with Crippen LogP contribution in [0, 0.1) is 0 Å². The van der Waals surface area contributed by atoms with Crippen LogP contribution in [0.25, 0.3) is 0 Å². The smallest absolute Gasteiger partial charge is 0.251 e. The van der Waals surface area contributed by atoms with E-state index in [-0.39, 0.29) is 18.1 Å². The first-order chi connectivity index (χ1) is 10.9. The molecule has 0 radical (unpaired) electrons. The zero-order valence-electron chi connectivity index (χ0n) is 13.4. The zero-order chi connectivity index (χ0) is 16.6. The van der Waals surface area contributed by atoms with Crippen LogP contribution in [0.5, 0.6) is 0 Å². The summed E-state index contributed by atoms with van der Waals surface area (Å²) >= 11 is 0. The fraction of sp³-hybridized carbons (Fsp3) is 0.562. The number of benzene rings is 1. The van der Waals surface area contributed by atoms with Gasteiger partial charge in [-0.15, -0.1) is 0 Å². The highest BCUT2D eigenvalue weighted by atomic mass is 32.2. The summed E-state index contributed by atoms with van der Waals surface area (Å²) in [4.78, 5) is 12.3. The lowest BCUT2D eigenvalue weighted by Crippen LogP contribution is -2.34. The van der Waals surface area contributed by atoms with Crippen molar-refractivity contribution in [3.63, 3.8) is 0 Å². The quantitative estimate of drug-likeness (QED) is 0.898. The molecule has 2 aliphatic rings. The minimum absolute atomic E-state index is 0.106. The van der Waals surface area contributed by atoms with Gasteiger partial charge in [0.1, 0.15) is 0 Å². The van der Waals surface area contributed by atoms with Crippen molar-refractivity contribution < 1.29 is 17.9 Å². The van der Waals surface area contributed by atoms with E-state index in [1.165, 1.54) is 10.6 Å². The van der Waals surface area contributed by atoms with Crippen LogP contribution in [0.2, 0.25) is 0 Å². The van der Waals surface area contributed by atoms with Gasteiger partial charge in [-0.1, -0.05) is 0 Å². The molecule has 2 heterocycles. The van der Waals surface area contributed by atoms with E-state index in [1.54, 1.807) is 18.2 Å². The van der Waals surface area contributed by atoms with Crippen molar-refractivity contribution in [3.05, 3.63) is 29.3 Å². The second-order valence-corrected chi connectivity index (χ2v) is 8.16. The average molecular weight is 338 g/mol. The molecule has 23 heavy (non-hydrogen) atoms. The van der Waals surface area contributed by atoms with E-state index in [9.17, 15) is 13.2 Å². The van der Waals surface area contributed by atoms with Crippen LogP contribution >= 0.6 is 0 Å². The van der Waals surface area contributed by atoms with Gasteiger partial charge >= 0.3 is 0 Å². The minimum atomic E-state index is -3.30. The molecule has 0 aliphatic carbocycles. The van der Waals surface area contributed by atoms with E-state index in [2.05, 4.69) is 5.32 Å². The fourth-order valence-corrected chi connectivity index (χ4v) is 4.63. The van der Waals surface area contributed by atoms with E-state index in [4.69, 9.17) is 4.74 Å². The average Bonchev–Trinajstić information content (AvgIpc) is 3.09. The number of amides is 1. The van der Waals surface area contributed by atoms with E-state index >= 15 is 0 Å². The first-order valence-corrected chi connectivity index (χ1v) is 9.73. The molecule has 1 aromatic carbocycles. The third-order valence-corrected chi connectivity index (χ3v) is 5.64. The lowest BCUT2D eigenvalue weighted by Gasteiger charge is -2.22. The van der Waals surface area contributed by atoms with Crippen molar-refractivity contribution in [3.8, 4) is 0 Å². The van der Waals surface area contributed by atoms with Gasteiger partial charge < -0.3 is 10.1 Å². The zero-order valence-corrected chi connectivity index (χ0v) is 14.2. The summed E-state index contributed by atoms with van der Waals surface area (Å²) in [5.41, 5.74) is 2.13. The lowest BCUT2D eigenvalue weighted by molar-refractivity contribution is 0.0857. The SMILES string of the molecule is C[C@@H]1Cc2cc(C(=O)NC[C@H]3CCCO3)ccc2N1S(C)(=O)=O. The van der Waals surface area contributed by atoms with Gasteiger partial charge in [-0.25, -0.2) is 8.42 Å². The molecule has 1 saturated heterocycles. The van der Waals surface area contributed by atoms with E-state index in [1.807, 2.05) is 6.92 Å². The van der Waals surface area contributed by atoms with Gasteiger partial charge in [0.2, 0.25) is 10.0 Å². The van der Waals surface area contributed by atoms with Gasteiger partial charge in [0, 0.05) is 24.8 Å². The van der Waals surface area contributed by atoms with Crippen LogP contribution in [0.15, 0.2) is 18.2 Å². The Morgan fingerprint density at radius 3 is 2.87 bits per heavy atom. The molecule has 1 fully saturated rings. The normalized spacial score (nSPS) is 23.8. The lowest BCUT2D eigenvalue weighted by atomic mass is 10.1. The highest BCUT2D eigenvalue weighted by molar-refractivity contribution is 7.92. The maximum Gasteiger partial charge on any atom is 0.251 e. The molecule has 7 heteroatoms. The van der Waals surface area contributed by atoms with Crippen molar-refractivity contribution in [1.29, 1.82) is 0 Å². The predicted octanol–water partition coefficient (Wildman–Crippen LogP) is 1.31. The predicted molar refractivity (Wildman–Crippen MR) is 88.2 cm³/mol. The second-order valence-electron chi connectivity index (χ2n) is 6.30. The summed E-state index contributed by atoms with van der Waals surface area (Å²) in [6, 6.07) is 5.08. The molecule has 0 spiro atoms. The van der Waals surface area contributed by atoms with Crippen molar-refractivity contribution in [2.45, 2.75) is 38.3 Å². The van der Waals surface area contributed by atoms with Gasteiger partial charge in [-0.3, -0.25) is 9.10 Å². The Labute approximate surface area is 136 Å². The number of fused-ring (bicyclic) bond motifs is 1. The summed E-state index contributed by atoms with van der Waals surface area (Å²) in [5, 5.41) is 2.89. The molecule has 0 unspecified atom stereocenters. The van der Waals surface area contributed by atoms with Crippen molar-refractivity contribution in [2.75, 3.05) is 23.7 Å². The fourth-order valence-electron chi connectivity index (χ4n) is 3.36. The number of anilines is 1. The number of nitrogens with zero attached hydrogens (tertiary/aromatic N) is 1. The number of ether oxygens (including phenoxy) is 1. The van der Waals surface area contributed by atoms with Gasteiger partial charge in [0.15, 0.2) is 0 Å². The minimum Gasteiger partial charge on any atom is -0.376 e. The van der Waals surface area contributed by atoms with Crippen LogP contribution < -0.4 is 9.62 Å². The van der Waals surface area contributed by atoms with Crippen LogP contribution in [0.3, 0.4) is 0 Å². The third-order valence-electron chi connectivity index (χ3n) is 4.37. The summed E-state index contributed by atoms with van der Waals surface area (Å²) in [6.45, 7) is 3.15. The highest BCUT2D eigenvalue weighted by Crippen LogP contribution is 2.34. The Balaban J connectivity index is 1.74. The molecule has 126 valence electrons. The molecule has 0 aromatic heterocycles. The standard InChI is InChI=1S/C16H22N2O4S/c1-11-8-13-9-12(5-6-15(13)18(11)23(2,20)21)16(19)17-10-14-4-3-7-22-14/h5-6,9,11,14H,3-4,7-8,10H2,1-2H3,(H,17,19)/t11-,14-/m1/s1. The van der Waals surface area contributed by atoms with Crippen LogP contribution in [0.4, 0.5) is 5.69 Å². The van der Waals surface area contributed by atoms with Gasteiger partial charge in [-0.2, -0.15) is 0 Å². The topological polar surface area (TPSA) is 75.7 Å². The van der Waals surface area contributed by atoms with E-state index < -0.39 is 10.0 Å². The maximum absolute atomic E-state index is 12.3. The van der Waals surface area contributed by atoms with Crippen molar-refractivity contribution in [1.82, 2.24) is 5.32 Å². The molecule has 6 nitrogen and oxygen atoms in total. The number of carbonyl (C=O) groups excluding carboxylic acids is 1. The summed E-state index contributed by atoms with van der Waals surface area (Å²) in [7, 11) is -3.30. The van der Waals surface area contributed by atoms with E-state index in [0.717, 1.165) is 25.0 Å². The largest absolute Gasteiger partial charge is 0.376 e. The first-order valence-electron chi connectivity index (χ1n) is 7.88. The molecule has 1 N–H and O–H groups in total. The monoisotopic (exact) mass is 338 g/mol. The number of carbonyl (C=O) groups is 1. The summed E-state index contributed by atoms with van der Waals surface area (Å²) in [6.07, 6.45) is 3.95. The number of rotatable bonds is 4. The number of sulfonamides is 1. The Hall–Kier alpha value is -1.60. The molecule has 2 atom stereocenters. The first kappa shape index (κ1) is 16.3. The Bertz CT molecular complexity index is 711. The molecular formula is C16H22N2O4S. The Morgan fingerprint density at radius 2 is 2.22 bits per heavy atom. The van der Waals surface area contributed by atoms with Gasteiger partial charge in [0.25, 0.3) is 5.91 Å². The highest BCUT2D eigenvalue weighted by Gasteiger charge is 2.32. The molecule has 0 saturated carbocycles. The van der Waals surface area contributed by atoms with Crippen LogP contribution in [-0.2, 0) is 21.2 Å². The molecule has 1 amide bonds. The second kappa shape index (κ2) is 6.13. The van der Waals surface area contributed by atoms with Crippen LogP contribution in [0.1, 0.15) is 35.7 Å². The summed E-state index contributed by atoms with van der Waals surface area (Å²) in [5.74, 6) is -0.145. The summed E-state index contributed by atoms with van der Waals surface area (Å²) < 4.78 is 30.7. The van der Waals surface area contributed by atoms with Crippen LogP contribution in [-0.4, -0.2) is 45.9 Å². The number of hydrogen-bond donors (Lipinski definition) is 1.